The smallest absolute Gasteiger partial charge is 0.316 e. The summed E-state index contributed by atoms with van der Waals surface area (Å²) in [4.78, 5) is 31.6. The molecule has 0 amide bonds. The van der Waals surface area contributed by atoms with Crippen molar-refractivity contribution in [1.29, 1.82) is 0 Å². The molecule has 34 heavy (non-hydrogen) atoms. The van der Waals surface area contributed by atoms with E-state index < -0.39 is 13.5 Å². The number of rotatable bonds is 2. The van der Waals surface area contributed by atoms with Gasteiger partial charge in [0.15, 0.2) is 0 Å². The number of esters is 1. The molecule has 0 spiro atoms. The number of aromatic nitrogens is 2. The number of hydrogen-bond acceptors (Lipinski definition) is 4. The first-order valence-corrected chi connectivity index (χ1v) is 15.2. The molecule has 0 radical (unpaired) electrons. The molecule has 4 heterocycles. The van der Waals surface area contributed by atoms with Gasteiger partial charge in [-0.3, -0.25) is 9.59 Å². The molecule has 0 aliphatic carbocycles. The Morgan fingerprint density at radius 3 is 2.50 bits per heavy atom. The SMILES string of the molecule is CC[C@@]1(C)C(=O)OCc2c1cc1n(c2=O)Cc2c-1nc1ccc(C)cc1c2[Si](C)(C)C(C)(C)C. The first-order valence-electron chi connectivity index (χ1n) is 12.2. The summed E-state index contributed by atoms with van der Waals surface area (Å²) in [6.07, 6.45) is 0.578. The van der Waals surface area contributed by atoms with Crippen LogP contribution in [0.4, 0.5) is 0 Å². The van der Waals surface area contributed by atoms with Crippen LogP contribution in [0.2, 0.25) is 18.1 Å². The summed E-state index contributed by atoms with van der Waals surface area (Å²) in [5.41, 5.74) is 5.62. The summed E-state index contributed by atoms with van der Waals surface area (Å²) >= 11 is 0. The molecule has 5 rings (SSSR count). The number of cyclic esters (lactones) is 1. The van der Waals surface area contributed by atoms with E-state index in [4.69, 9.17) is 9.72 Å². The Kier molecular flexibility index (Phi) is 4.83. The van der Waals surface area contributed by atoms with Gasteiger partial charge in [-0.1, -0.05) is 52.4 Å². The van der Waals surface area contributed by atoms with Crippen molar-refractivity contribution in [2.24, 2.45) is 0 Å². The Balaban J connectivity index is 1.88. The lowest BCUT2D eigenvalue weighted by Gasteiger charge is -2.39. The summed E-state index contributed by atoms with van der Waals surface area (Å²) in [6, 6.07) is 8.52. The Hall–Kier alpha value is -2.73. The average Bonchev–Trinajstić information content (AvgIpc) is 3.12. The fourth-order valence-electron chi connectivity index (χ4n) is 5.45. The molecule has 0 N–H and O–H groups in total. The van der Waals surface area contributed by atoms with E-state index in [0.29, 0.717) is 18.5 Å². The summed E-state index contributed by atoms with van der Waals surface area (Å²) < 4.78 is 7.32. The quantitative estimate of drug-likeness (QED) is 0.297. The second-order valence-electron chi connectivity index (χ2n) is 11.8. The van der Waals surface area contributed by atoms with E-state index in [-0.39, 0.29) is 23.2 Å². The number of benzene rings is 1. The van der Waals surface area contributed by atoms with E-state index in [0.717, 1.165) is 22.5 Å². The number of ether oxygens (including phenoxy) is 1. The summed E-state index contributed by atoms with van der Waals surface area (Å²) in [5.74, 6) is -0.256. The molecular formula is C28H34N2O3Si. The summed E-state index contributed by atoms with van der Waals surface area (Å²) in [7, 11) is -1.99. The number of hydrogen-bond donors (Lipinski definition) is 0. The van der Waals surface area contributed by atoms with Crippen LogP contribution in [0.3, 0.4) is 0 Å². The highest BCUT2D eigenvalue weighted by molar-refractivity contribution is 6.94. The van der Waals surface area contributed by atoms with Gasteiger partial charge in [0.2, 0.25) is 0 Å². The maximum Gasteiger partial charge on any atom is 0.316 e. The predicted octanol–water partition coefficient (Wildman–Crippen LogP) is 5.17. The molecule has 0 saturated heterocycles. The number of fused-ring (bicyclic) bond motifs is 5. The van der Waals surface area contributed by atoms with Crippen molar-refractivity contribution < 1.29 is 9.53 Å². The zero-order chi connectivity index (χ0) is 24.8. The van der Waals surface area contributed by atoms with E-state index in [1.165, 1.54) is 21.7 Å². The summed E-state index contributed by atoms with van der Waals surface area (Å²) in [5, 5.41) is 2.74. The van der Waals surface area contributed by atoms with E-state index in [1.807, 2.05) is 18.4 Å². The Labute approximate surface area is 202 Å². The van der Waals surface area contributed by atoms with Crippen LogP contribution in [0.15, 0.2) is 29.1 Å². The molecule has 0 saturated carbocycles. The Morgan fingerprint density at radius 2 is 1.85 bits per heavy atom. The van der Waals surface area contributed by atoms with Gasteiger partial charge in [-0.25, -0.2) is 4.98 Å². The van der Waals surface area contributed by atoms with Crippen molar-refractivity contribution in [2.75, 3.05) is 0 Å². The van der Waals surface area contributed by atoms with Crippen LogP contribution in [-0.2, 0) is 28.1 Å². The van der Waals surface area contributed by atoms with Crippen LogP contribution < -0.4 is 10.7 Å². The second-order valence-corrected chi connectivity index (χ2v) is 17.0. The average molecular weight is 475 g/mol. The highest BCUT2D eigenvalue weighted by atomic mass is 28.3. The van der Waals surface area contributed by atoms with Gasteiger partial charge >= 0.3 is 5.97 Å². The van der Waals surface area contributed by atoms with Crippen LogP contribution in [0, 0.1) is 6.92 Å². The van der Waals surface area contributed by atoms with Crippen molar-refractivity contribution in [2.45, 2.75) is 84.7 Å². The van der Waals surface area contributed by atoms with Crippen LogP contribution in [-0.4, -0.2) is 23.6 Å². The third-order valence-corrected chi connectivity index (χ3v) is 14.4. The highest BCUT2D eigenvalue weighted by Gasteiger charge is 2.45. The minimum absolute atomic E-state index is 0.0445. The normalized spacial score (nSPS) is 19.6. The molecule has 2 aromatic heterocycles. The maximum atomic E-state index is 13.7. The first-order chi connectivity index (χ1) is 15.8. The molecule has 1 aromatic carbocycles. The molecule has 2 aliphatic heterocycles. The van der Waals surface area contributed by atoms with Crippen LogP contribution in [0.25, 0.3) is 22.3 Å². The number of carbonyl (C=O) groups is 1. The van der Waals surface area contributed by atoms with Gasteiger partial charge in [0.25, 0.3) is 5.56 Å². The van der Waals surface area contributed by atoms with Gasteiger partial charge in [0.05, 0.1) is 42.5 Å². The zero-order valence-corrected chi connectivity index (χ0v) is 22.5. The molecule has 0 unspecified atom stereocenters. The Bertz CT molecular complexity index is 1440. The van der Waals surface area contributed by atoms with Crippen molar-refractivity contribution in [3.8, 4) is 11.4 Å². The predicted molar refractivity (Wildman–Crippen MR) is 140 cm³/mol. The van der Waals surface area contributed by atoms with Gasteiger partial charge in [0, 0.05) is 5.39 Å². The van der Waals surface area contributed by atoms with Crippen LogP contribution in [0.1, 0.15) is 63.3 Å². The van der Waals surface area contributed by atoms with Gasteiger partial charge in [-0.15, -0.1) is 0 Å². The third-order valence-electron chi connectivity index (χ3n) is 8.80. The minimum atomic E-state index is -1.99. The fraction of sp³-hybridized carbons (Fsp3) is 0.464. The van der Waals surface area contributed by atoms with E-state index in [9.17, 15) is 9.59 Å². The van der Waals surface area contributed by atoms with Gasteiger partial charge in [-0.2, -0.15) is 0 Å². The molecular weight excluding hydrogens is 440 g/mol. The second kappa shape index (κ2) is 7.14. The first kappa shape index (κ1) is 23.0. The lowest BCUT2D eigenvalue weighted by atomic mass is 9.76. The number of carbonyl (C=O) groups excluding carboxylic acids is 1. The van der Waals surface area contributed by atoms with Gasteiger partial charge < -0.3 is 9.30 Å². The van der Waals surface area contributed by atoms with Crippen LogP contribution in [0.5, 0.6) is 0 Å². The fourth-order valence-corrected chi connectivity index (χ4v) is 8.02. The largest absolute Gasteiger partial charge is 0.460 e. The van der Waals surface area contributed by atoms with Crippen LogP contribution >= 0.6 is 0 Å². The lowest BCUT2D eigenvalue weighted by Crippen LogP contribution is -2.51. The highest BCUT2D eigenvalue weighted by Crippen LogP contribution is 2.43. The summed E-state index contributed by atoms with van der Waals surface area (Å²) in [6.45, 7) is 18.4. The molecule has 178 valence electrons. The number of pyridine rings is 2. The molecule has 5 nitrogen and oxygen atoms in total. The number of aryl methyl sites for hydroxylation is 1. The molecule has 3 aromatic rings. The van der Waals surface area contributed by atoms with Gasteiger partial charge in [0.1, 0.15) is 6.61 Å². The molecule has 2 aliphatic rings. The van der Waals surface area contributed by atoms with E-state index in [2.05, 4.69) is 65.1 Å². The third kappa shape index (κ3) is 2.93. The minimum Gasteiger partial charge on any atom is -0.460 e. The molecule has 1 atom stereocenters. The molecule has 6 heteroatoms. The zero-order valence-electron chi connectivity index (χ0n) is 21.5. The van der Waals surface area contributed by atoms with E-state index in [1.54, 1.807) is 0 Å². The topological polar surface area (TPSA) is 61.2 Å². The molecule has 0 bridgehead atoms. The monoisotopic (exact) mass is 474 g/mol. The standard InChI is InChI=1S/C28H34N2O3Si/c1-9-28(6)20-13-22-23-18(14-30(22)25(31)19(20)15-33-26(28)32)24(34(7,8)27(3,4)5)17-12-16(2)10-11-21(17)29-23/h10-13H,9,14-15H2,1-8H3/t28-/m1/s1. The van der Waals surface area contributed by atoms with E-state index >= 15 is 0 Å². The maximum absolute atomic E-state index is 13.7. The van der Waals surface area contributed by atoms with Crippen molar-refractivity contribution in [3.05, 3.63) is 56.9 Å². The van der Waals surface area contributed by atoms with Gasteiger partial charge in [-0.05, 0) is 59.8 Å². The Morgan fingerprint density at radius 1 is 1.15 bits per heavy atom. The molecule has 0 fully saturated rings. The van der Waals surface area contributed by atoms with Crippen molar-refractivity contribution in [1.82, 2.24) is 9.55 Å². The van der Waals surface area contributed by atoms with Crippen molar-refractivity contribution >= 4 is 30.1 Å². The number of nitrogens with zero attached hydrogens (tertiary/aromatic N) is 2. The lowest BCUT2D eigenvalue weighted by molar-refractivity contribution is -0.153. The van der Waals surface area contributed by atoms with Crippen molar-refractivity contribution in [3.63, 3.8) is 0 Å².